The van der Waals surface area contributed by atoms with Gasteiger partial charge in [0.25, 0.3) is 0 Å². The second kappa shape index (κ2) is 8.86. The molecule has 32 heavy (non-hydrogen) atoms. The second-order valence-corrected chi connectivity index (χ2v) is 9.83. The predicted octanol–water partition coefficient (Wildman–Crippen LogP) is 3.13. The molecule has 3 aromatic rings. The summed E-state index contributed by atoms with van der Waals surface area (Å²) in [7, 11) is 0. The number of β-amino-alcohol motifs (C(OH)–C–C–N with tert-alkyl or cyclic N) is 1. The molecule has 1 amide bonds. The molecule has 6 nitrogen and oxygen atoms in total. The number of fused-ring (bicyclic) bond motifs is 1. The van der Waals surface area contributed by atoms with Crippen LogP contribution in [0.5, 0.6) is 0 Å². The molecular weight excluding hydrogens is 427 g/mol. The van der Waals surface area contributed by atoms with Gasteiger partial charge in [0.15, 0.2) is 5.13 Å². The van der Waals surface area contributed by atoms with E-state index in [-0.39, 0.29) is 23.8 Å². The Morgan fingerprint density at radius 1 is 1.28 bits per heavy atom. The summed E-state index contributed by atoms with van der Waals surface area (Å²) in [6, 6.07) is 14.8. The number of anilines is 1. The molecule has 2 aliphatic rings. The summed E-state index contributed by atoms with van der Waals surface area (Å²) >= 11 is 1.26. The number of benzene rings is 2. The van der Waals surface area contributed by atoms with Crippen LogP contribution in [0.1, 0.15) is 18.4 Å². The molecule has 0 bridgehead atoms. The van der Waals surface area contributed by atoms with Gasteiger partial charge in [0.2, 0.25) is 5.91 Å². The topological polar surface area (TPSA) is 68.7 Å². The Labute approximate surface area is 190 Å². The van der Waals surface area contributed by atoms with Crippen molar-refractivity contribution in [2.24, 2.45) is 0 Å². The molecule has 2 fully saturated rings. The number of likely N-dealkylation sites (tertiary alicyclic amines) is 2. The first kappa shape index (κ1) is 21.5. The van der Waals surface area contributed by atoms with Crippen molar-refractivity contribution in [2.75, 3.05) is 38.0 Å². The molecule has 2 aromatic carbocycles. The van der Waals surface area contributed by atoms with Gasteiger partial charge in [-0.05, 0) is 49.6 Å². The van der Waals surface area contributed by atoms with Crippen molar-refractivity contribution in [2.45, 2.75) is 30.9 Å². The number of carbonyl (C=O) groups excluding carboxylic acids is 1. The highest BCUT2D eigenvalue weighted by Crippen LogP contribution is 2.38. The van der Waals surface area contributed by atoms with E-state index in [9.17, 15) is 14.3 Å². The lowest BCUT2D eigenvalue weighted by atomic mass is 9.92. The quantitative estimate of drug-likeness (QED) is 0.599. The zero-order chi connectivity index (χ0) is 22.1. The number of amides is 1. The lowest BCUT2D eigenvalue weighted by Gasteiger charge is -2.37. The number of carbonyl (C=O) groups is 1. The van der Waals surface area contributed by atoms with Crippen LogP contribution in [0.25, 0.3) is 10.2 Å². The minimum Gasteiger partial charge on any atom is -0.390 e. The van der Waals surface area contributed by atoms with Gasteiger partial charge in [-0.1, -0.05) is 41.7 Å². The second-order valence-electron chi connectivity index (χ2n) is 8.79. The third kappa shape index (κ3) is 4.28. The number of nitrogens with zero attached hydrogens (tertiary/aromatic N) is 3. The van der Waals surface area contributed by atoms with Crippen molar-refractivity contribution < 1.29 is 14.3 Å². The van der Waals surface area contributed by atoms with Gasteiger partial charge in [-0.3, -0.25) is 14.6 Å². The molecule has 2 atom stereocenters. The lowest BCUT2D eigenvalue weighted by molar-refractivity contribution is -0.117. The predicted molar refractivity (Wildman–Crippen MR) is 124 cm³/mol. The van der Waals surface area contributed by atoms with Crippen LogP contribution in [0.2, 0.25) is 0 Å². The molecule has 1 aromatic heterocycles. The van der Waals surface area contributed by atoms with Crippen molar-refractivity contribution in [1.29, 1.82) is 0 Å². The van der Waals surface area contributed by atoms with E-state index in [1.54, 1.807) is 6.07 Å². The van der Waals surface area contributed by atoms with Gasteiger partial charge in [0.1, 0.15) is 5.82 Å². The van der Waals surface area contributed by atoms with E-state index in [2.05, 4.69) is 39.5 Å². The highest BCUT2D eigenvalue weighted by Gasteiger charge is 2.52. The molecule has 2 saturated heterocycles. The minimum absolute atomic E-state index is 0.164. The molecular formula is C24H27FN4O2S. The number of halogens is 1. The summed E-state index contributed by atoms with van der Waals surface area (Å²) in [6.45, 7) is 3.26. The van der Waals surface area contributed by atoms with Crippen molar-refractivity contribution >= 4 is 32.6 Å². The van der Waals surface area contributed by atoms with Crippen LogP contribution in [0.15, 0.2) is 48.5 Å². The molecule has 2 aliphatic heterocycles. The molecule has 5 rings (SSSR count). The normalized spacial score (nSPS) is 24.0. The average molecular weight is 455 g/mol. The Morgan fingerprint density at radius 2 is 2.12 bits per heavy atom. The Balaban J connectivity index is 1.20. The van der Waals surface area contributed by atoms with Crippen molar-refractivity contribution in [3.05, 3.63) is 59.9 Å². The van der Waals surface area contributed by atoms with E-state index >= 15 is 0 Å². The Bertz CT molecular complexity index is 1110. The van der Waals surface area contributed by atoms with E-state index in [0.717, 1.165) is 32.4 Å². The highest BCUT2D eigenvalue weighted by atomic mass is 32.1. The fourth-order valence-corrected chi connectivity index (χ4v) is 6.07. The summed E-state index contributed by atoms with van der Waals surface area (Å²) in [4.78, 5) is 21.5. The molecule has 0 radical (unpaired) electrons. The number of nitrogens with one attached hydrogen (secondary N) is 1. The Kier molecular flexibility index (Phi) is 5.94. The lowest BCUT2D eigenvalue weighted by Crippen LogP contribution is -2.53. The van der Waals surface area contributed by atoms with Crippen LogP contribution in [0, 0.1) is 5.82 Å². The number of rotatable bonds is 6. The summed E-state index contributed by atoms with van der Waals surface area (Å²) in [5.41, 5.74) is 1.69. The van der Waals surface area contributed by atoms with Crippen molar-refractivity contribution in [3.8, 4) is 0 Å². The zero-order valence-corrected chi connectivity index (χ0v) is 18.7. The van der Waals surface area contributed by atoms with Gasteiger partial charge in [0.05, 0.1) is 28.4 Å². The van der Waals surface area contributed by atoms with Crippen LogP contribution >= 0.6 is 11.3 Å². The molecule has 3 heterocycles. The molecule has 0 unspecified atom stereocenters. The number of hydrogen-bond donors (Lipinski definition) is 2. The summed E-state index contributed by atoms with van der Waals surface area (Å²) in [5.74, 6) is -0.480. The van der Waals surface area contributed by atoms with E-state index in [1.807, 2.05) is 11.0 Å². The zero-order valence-electron chi connectivity index (χ0n) is 17.8. The maximum Gasteiger partial charge on any atom is 0.240 e. The first-order valence-electron chi connectivity index (χ1n) is 11.1. The number of hydrogen-bond acceptors (Lipinski definition) is 6. The van der Waals surface area contributed by atoms with Gasteiger partial charge >= 0.3 is 0 Å². The van der Waals surface area contributed by atoms with Gasteiger partial charge < -0.3 is 10.4 Å². The fraction of sp³-hybridized carbons (Fsp3) is 0.417. The van der Waals surface area contributed by atoms with E-state index < -0.39 is 6.10 Å². The largest absolute Gasteiger partial charge is 0.390 e. The van der Waals surface area contributed by atoms with Crippen molar-refractivity contribution in [3.63, 3.8) is 0 Å². The van der Waals surface area contributed by atoms with Gasteiger partial charge in [-0.25, -0.2) is 9.37 Å². The molecule has 168 valence electrons. The average Bonchev–Trinajstić information content (AvgIpc) is 3.44. The molecule has 2 N–H and O–H groups in total. The standard InChI is InChI=1S/C24H27FN4O2S/c25-18-7-8-19-20(13-18)32-23(26-19)27-22(31)15-28-14-21(30)24(16-28)10-4-11-29(24)12-9-17-5-2-1-3-6-17/h1-3,5-8,13,21,30H,4,9-12,14-16H2,(H,26,27,31)/t21-,24-/m0/s1. The third-order valence-electron chi connectivity index (χ3n) is 6.69. The van der Waals surface area contributed by atoms with E-state index in [0.29, 0.717) is 28.4 Å². The minimum atomic E-state index is -0.473. The molecule has 0 aliphatic carbocycles. The Morgan fingerprint density at radius 3 is 2.97 bits per heavy atom. The number of aliphatic hydroxyl groups is 1. The molecule has 8 heteroatoms. The van der Waals surface area contributed by atoms with Gasteiger partial charge in [0, 0.05) is 19.6 Å². The fourth-order valence-electron chi connectivity index (χ4n) is 5.16. The SMILES string of the molecule is O=C(CN1C[C@H](O)[C@]2(CCCN2CCc2ccccc2)C1)Nc1nc2ccc(F)cc2s1. The van der Waals surface area contributed by atoms with Crippen LogP contribution in [-0.4, -0.2) is 70.2 Å². The highest BCUT2D eigenvalue weighted by molar-refractivity contribution is 7.22. The summed E-state index contributed by atoms with van der Waals surface area (Å²) in [6.07, 6.45) is 2.49. The maximum atomic E-state index is 13.4. The van der Waals surface area contributed by atoms with E-state index in [1.165, 1.54) is 29.0 Å². The van der Waals surface area contributed by atoms with Crippen molar-refractivity contribution in [1.82, 2.24) is 14.8 Å². The maximum absolute atomic E-state index is 13.4. The summed E-state index contributed by atoms with van der Waals surface area (Å²) in [5, 5.41) is 14.3. The van der Waals surface area contributed by atoms with Gasteiger partial charge in [-0.15, -0.1) is 0 Å². The summed E-state index contributed by atoms with van der Waals surface area (Å²) < 4.78 is 14.1. The molecule has 0 saturated carbocycles. The Hall–Kier alpha value is -2.39. The monoisotopic (exact) mass is 454 g/mol. The molecule has 1 spiro atoms. The van der Waals surface area contributed by atoms with Crippen LogP contribution in [-0.2, 0) is 11.2 Å². The number of aliphatic hydroxyl groups excluding tert-OH is 1. The number of thiazole rings is 1. The first-order chi connectivity index (χ1) is 15.5. The van der Waals surface area contributed by atoms with Crippen LogP contribution in [0.4, 0.5) is 9.52 Å². The van der Waals surface area contributed by atoms with E-state index in [4.69, 9.17) is 0 Å². The van der Waals surface area contributed by atoms with Crippen LogP contribution < -0.4 is 5.32 Å². The van der Waals surface area contributed by atoms with Crippen LogP contribution in [0.3, 0.4) is 0 Å². The first-order valence-corrected chi connectivity index (χ1v) is 11.9. The smallest absolute Gasteiger partial charge is 0.240 e. The third-order valence-corrected chi connectivity index (χ3v) is 7.63. The number of aromatic nitrogens is 1. The van der Waals surface area contributed by atoms with Gasteiger partial charge in [-0.2, -0.15) is 0 Å².